The van der Waals surface area contributed by atoms with E-state index in [0.717, 1.165) is 41.5 Å². The van der Waals surface area contributed by atoms with Gasteiger partial charge < -0.3 is 0 Å². The number of halogens is 3. The lowest BCUT2D eigenvalue weighted by Gasteiger charge is -2.29. The fourth-order valence-electron chi connectivity index (χ4n) is 5.24. The van der Waals surface area contributed by atoms with Gasteiger partial charge in [0, 0.05) is 5.56 Å². The number of fused-ring (bicyclic) bond motifs is 1. The highest BCUT2D eigenvalue weighted by Crippen LogP contribution is 2.39. The predicted octanol–water partition coefficient (Wildman–Crippen LogP) is 8.14. The number of rotatable bonds is 6. The van der Waals surface area contributed by atoms with Gasteiger partial charge in [-0.1, -0.05) is 56.9 Å². The minimum absolute atomic E-state index is 0.199. The third-order valence-electron chi connectivity index (χ3n) is 7.10. The maximum atomic E-state index is 15.0. The largest absolute Gasteiger partial charge is 0.206 e. The minimum Gasteiger partial charge on any atom is -0.206 e. The second kappa shape index (κ2) is 9.41. The predicted molar refractivity (Wildman–Crippen MR) is 117 cm³/mol. The highest BCUT2D eigenvalue weighted by atomic mass is 19.2. The summed E-state index contributed by atoms with van der Waals surface area (Å²) in [5.41, 5.74) is 3.69. The summed E-state index contributed by atoms with van der Waals surface area (Å²) in [6.07, 6.45) is 12.7. The Labute approximate surface area is 178 Å². The maximum Gasteiger partial charge on any atom is 0.162 e. The van der Waals surface area contributed by atoms with Gasteiger partial charge in [0.25, 0.3) is 0 Å². The van der Waals surface area contributed by atoms with E-state index in [2.05, 4.69) is 13.0 Å². The quantitative estimate of drug-likeness (QED) is 0.420. The van der Waals surface area contributed by atoms with Crippen LogP contribution >= 0.6 is 0 Å². The Morgan fingerprint density at radius 2 is 1.70 bits per heavy atom. The van der Waals surface area contributed by atoms with Crippen LogP contribution in [-0.2, 0) is 12.8 Å². The molecule has 0 saturated heterocycles. The van der Waals surface area contributed by atoms with Crippen molar-refractivity contribution in [2.75, 3.05) is 0 Å². The van der Waals surface area contributed by atoms with Gasteiger partial charge in [-0.2, -0.15) is 0 Å². The molecule has 3 heteroatoms. The molecule has 0 radical (unpaired) electrons. The van der Waals surface area contributed by atoms with Crippen molar-refractivity contribution in [2.45, 2.75) is 77.0 Å². The molecule has 1 saturated carbocycles. The molecule has 0 N–H and O–H groups in total. The van der Waals surface area contributed by atoms with Crippen LogP contribution in [-0.4, -0.2) is 0 Å². The highest BCUT2D eigenvalue weighted by Gasteiger charge is 2.24. The van der Waals surface area contributed by atoms with Crippen molar-refractivity contribution < 1.29 is 13.2 Å². The summed E-state index contributed by atoms with van der Waals surface area (Å²) in [5.74, 6) is -0.497. The Balaban J connectivity index is 1.42. The zero-order chi connectivity index (χ0) is 21.1. The number of hydrogen-bond donors (Lipinski definition) is 0. The van der Waals surface area contributed by atoms with Crippen LogP contribution in [0.2, 0.25) is 0 Å². The first kappa shape index (κ1) is 21.2. The van der Waals surface area contributed by atoms with E-state index in [1.807, 2.05) is 12.1 Å². The molecule has 0 amide bonds. The first-order chi connectivity index (χ1) is 14.6. The topological polar surface area (TPSA) is 0 Å². The Bertz CT molecular complexity index is 920. The zero-order valence-corrected chi connectivity index (χ0v) is 17.8. The Morgan fingerprint density at radius 1 is 0.900 bits per heavy atom. The van der Waals surface area contributed by atoms with Gasteiger partial charge in [-0.15, -0.1) is 0 Å². The summed E-state index contributed by atoms with van der Waals surface area (Å²) in [6, 6.07) is 8.44. The van der Waals surface area contributed by atoms with Crippen LogP contribution in [0.25, 0.3) is 5.57 Å². The monoisotopic (exact) mass is 412 g/mol. The van der Waals surface area contributed by atoms with Crippen molar-refractivity contribution in [2.24, 2.45) is 5.92 Å². The smallest absolute Gasteiger partial charge is 0.162 e. The van der Waals surface area contributed by atoms with Crippen LogP contribution in [0.1, 0.15) is 86.5 Å². The van der Waals surface area contributed by atoms with E-state index in [1.54, 1.807) is 12.1 Å². The maximum absolute atomic E-state index is 15.0. The normalized spacial score (nSPS) is 21.3. The Kier molecular flexibility index (Phi) is 6.65. The van der Waals surface area contributed by atoms with E-state index < -0.39 is 11.6 Å². The number of unbranched alkanes of at least 4 members (excludes halogenated alkanes) is 2. The average molecular weight is 413 g/mol. The minimum atomic E-state index is -0.818. The van der Waals surface area contributed by atoms with Crippen LogP contribution < -0.4 is 0 Å². The lowest BCUT2D eigenvalue weighted by Crippen LogP contribution is -2.14. The third kappa shape index (κ3) is 4.50. The molecular formula is C27H31F3. The van der Waals surface area contributed by atoms with Gasteiger partial charge in [-0.05, 0) is 84.8 Å². The molecule has 1 fully saturated rings. The van der Waals surface area contributed by atoms with E-state index >= 15 is 4.39 Å². The Morgan fingerprint density at radius 3 is 2.43 bits per heavy atom. The molecule has 2 aliphatic rings. The molecular weight excluding hydrogens is 381 g/mol. The molecule has 2 aliphatic carbocycles. The van der Waals surface area contributed by atoms with E-state index in [1.165, 1.54) is 38.5 Å². The van der Waals surface area contributed by atoms with Gasteiger partial charge in [0.1, 0.15) is 5.82 Å². The summed E-state index contributed by atoms with van der Waals surface area (Å²) >= 11 is 0. The molecule has 2 aromatic carbocycles. The van der Waals surface area contributed by atoms with Crippen molar-refractivity contribution in [1.82, 2.24) is 0 Å². The molecule has 0 atom stereocenters. The Hall–Kier alpha value is -2.03. The van der Waals surface area contributed by atoms with Gasteiger partial charge >= 0.3 is 0 Å². The second-order valence-corrected chi connectivity index (χ2v) is 9.06. The molecule has 30 heavy (non-hydrogen) atoms. The van der Waals surface area contributed by atoms with Crippen LogP contribution in [0.5, 0.6) is 0 Å². The van der Waals surface area contributed by atoms with Crippen molar-refractivity contribution >= 4 is 5.57 Å². The van der Waals surface area contributed by atoms with Gasteiger partial charge in [0.2, 0.25) is 0 Å². The van der Waals surface area contributed by atoms with E-state index in [4.69, 9.17) is 0 Å². The molecule has 0 aromatic heterocycles. The first-order valence-electron chi connectivity index (χ1n) is 11.5. The molecule has 0 nitrogen and oxygen atoms in total. The van der Waals surface area contributed by atoms with E-state index in [9.17, 15) is 8.78 Å². The number of benzene rings is 2. The van der Waals surface area contributed by atoms with Gasteiger partial charge in [0.15, 0.2) is 11.6 Å². The molecule has 0 spiro atoms. The second-order valence-electron chi connectivity index (χ2n) is 9.06. The summed E-state index contributed by atoms with van der Waals surface area (Å²) < 4.78 is 42.5. The van der Waals surface area contributed by atoms with Crippen molar-refractivity contribution in [1.29, 1.82) is 0 Å². The van der Waals surface area contributed by atoms with Crippen molar-refractivity contribution in [3.63, 3.8) is 0 Å². The van der Waals surface area contributed by atoms with Crippen LogP contribution in [0.15, 0.2) is 36.4 Å². The van der Waals surface area contributed by atoms with E-state index in [-0.39, 0.29) is 5.82 Å². The van der Waals surface area contributed by atoms with Gasteiger partial charge in [0.05, 0.1) is 0 Å². The molecule has 0 unspecified atom stereocenters. The molecule has 2 aromatic rings. The average Bonchev–Trinajstić information content (AvgIpc) is 2.77. The fraction of sp³-hybridized carbons (Fsp3) is 0.481. The molecule has 0 aliphatic heterocycles. The van der Waals surface area contributed by atoms with Gasteiger partial charge in [-0.3, -0.25) is 0 Å². The summed E-state index contributed by atoms with van der Waals surface area (Å²) in [4.78, 5) is 0. The standard InChI is InChI=1S/C27H31F3/c1-2-3-4-5-18-6-8-19(9-7-18)20-10-13-23(26(29)17-20)21-11-14-24-22(16-21)12-15-25(28)27(24)30/h10-13,15,17-19H,2-9,14,16H2,1H3. The molecule has 160 valence electrons. The SMILES string of the molecule is CCCCCC1CCC(c2ccc(C3=CCc4c(ccc(F)c4F)C3)c(F)c2)CC1. The van der Waals surface area contributed by atoms with Crippen LogP contribution in [0.3, 0.4) is 0 Å². The highest BCUT2D eigenvalue weighted by molar-refractivity contribution is 5.71. The van der Waals surface area contributed by atoms with Gasteiger partial charge in [-0.25, -0.2) is 13.2 Å². The van der Waals surface area contributed by atoms with E-state index in [0.29, 0.717) is 29.9 Å². The third-order valence-corrected chi connectivity index (χ3v) is 7.10. The summed E-state index contributed by atoms with van der Waals surface area (Å²) in [5, 5.41) is 0. The molecule has 0 bridgehead atoms. The van der Waals surface area contributed by atoms with Crippen molar-refractivity contribution in [3.05, 3.63) is 76.1 Å². The molecule has 0 heterocycles. The molecule has 4 rings (SSSR count). The van der Waals surface area contributed by atoms with Crippen LogP contribution in [0.4, 0.5) is 13.2 Å². The lowest BCUT2D eigenvalue weighted by atomic mass is 9.76. The summed E-state index contributed by atoms with van der Waals surface area (Å²) in [6.45, 7) is 2.25. The number of hydrogen-bond acceptors (Lipinski definition) is 0. The first-order valence-corrected chi connectivity index (χ1v) is 11.5. The fourth-order valence-corrected chi connectivity index (χ4v) is 5.24. The number of allylic oxidation sites excluding steroid dienone is 2. The zero-order valence-electron chi connectivity index (χ0n) is 17.8. The van der Waals surface area contributed by atoms with Crippen molar-refractivity contribution in [3.8, 4) is 0 Å². The lowest BCUT2D eigenvalue weighted by molar-refractivity contribution is 0.302. The van der Waals surface area contributed by atoms with Crippen LogP contribution in [0, 0.1) is 23.4 Å². The summed E-state index contributed by atoms with van der Waals surface area (Å²) in [7, 11) is 0.